The summed E-state index contributed by atoms with van der Waals surface area (Å²) in [5.74, 6) is 3.60. The Morgan fingerprint density at radius 3 is 2.53 bits per heavy atom. The van der Waals surface area contributed by atoms with Crippen LogP contribution in [0.25, 0.3) is 11.5 Å². The molecular weight excluding hydrogens is 408 g/mol. The first kappa shape index (κ1) is 19.8. The van der Waals surface area contributed by atoms with Gasteiger partial charge in [-0.3, -0.25) is 0 Å². The van der Waals surface area contributed by atoms with Crippen molar-refractivity contribution in [1.29, 1.82) is 0 Å². The Balaban J connectivity index is 1.33. The lowest BCUT2D eigenvalue weighted by molar-refractivity contribution is 0.251. The molecule has 2 aromatic heterocycles. The van der Waals surface area contributed by atoms with Crippen LogP contribution in [-0.4, -0.2) is 34.6 Å². The van der Waals surface area contributed by atoms with Crippen LogP contribution in [0.1, 0.15) is 11.8 Å². The summed E-state index contributed by atoms with van der Waals surface area (Å²) < 4.78 is 27.4. The highest BCUT2D eigenvalue weighted by Gasteiger charge is 2.15. The van der Waals surface area contributed by atoms with Crippen LogP contribution >= 0.6 is 11.8 Å². The Hall–Kier alpha value is -3.53. The van der Waals surface area contributed by atoms with Crippen molar-refractivity contribution in [3.63, 3.8) is 0 Å². The molecule has 2 aromatic carbocycles. The summed E-state index contributed by atoms with van der Waals surface area (Å²) in [7, 11) is 3.19. The van der Waals surface area contributed by atoms with Gasteiger partial charge in [0.15, 0.2) is 6.61 Å². The van der Waals surface area contributed by atoms with Crippen LogP contribution in [-0.2, 0) is 12.4 Å². The van der Waals surface area contributed by atoms with Gasteiger partial charge in [0, 0.05) is 6.07 Å². The van der Waals surface area contributed by atoms with Gasteiger partial charge < -0.3 is 23.0 Å². The van der Waals surface area contributed by atoms with Crippen LogP contribution in [0.5, 0.6) is 17.2 Å². The minimum absolute atomic E-state index is 0.152. The lowest BCUT2D eigenvalue weighted by atomic mass is 10.2. The predicted molar refractivity (Wildman–Crippen MR) is 107 cm³/mol. The Kier molecular flexibility index (Phi) is 6.14. The van der Waals surface area contributed by atoms with E-state index < -0.39 is 0 Å². The molecule has 0 N–H and O–H groups in total. The quantitative estimate of drug-likeness (QED) is 0.364. The van der Waals surface area contributed by atoms with Crippen LogP contribution in [0.4, 0.5) is 0 Å². The van der Waals surface area contributed by atoms with Crippen molar-refractivity contribution in [2.24, 2.45) is 0 Å². The Labute approximate surface area is 176 Å². The molecule has 9 nitrogen and oxygen atoms in total. The van der Waals surface area contributed by atoms with Crippen molar-refractivity contribution in [2.75, 3.05) is 14.2 Å². The molecule has 0 fully saturated rings. The molecule has 4 aromatic rings. The second kappa shape index (κ2) is 9.31. The zero-order chi connectivity index (χ0) is 20.8. The highest BCUT2D eigenvalue weighted by atomic mass is 32.2. The van der Waals surface area contributed by atoms with Gasteiger partial charge in [-0.15, -0.1) is 20.4 Å². The summed E-state index contributed by atoms with van der Waals surface area (Å²) in [6.07, 6.45) is 0. The molecule has 0 radical (unpaired) electrons. The van der Waals surface area contributed by atoms with E-state index in [1.807, 2.05) is 42.5 Å². The molecule has 0 amide bonds. The van der Waals surface area contributed by atoms with E-state index in [-0.39, 0.29) is 6.61 Å². The van der Waals surface area contributed by atoms with Gasteiger partial charge in [-0.05, 0) is 24.3 Å². The van der Waals surface area contributed by atoms with E-state index in [2.05, 4.69) is 20.4 Å². The van der Waals surface area contributed by atoms with E-state index in [0.717, 1.165) is 5.56 Å². The molecular formula is C20H18N4O5S. The van der Waals surface area contributed by atoms with Gasteiger partial charge in [0.2, 0.25) is 5.89 Å². The van der Waals surface area contributed by atoms with Crippen molar-refractivity contribution in [3.8, 4) is 28.7 Å². The fourth-order valence-electron chi connectivity index (χ4n) is 2.56. The molecule has 0 aliphatic rings. The molecule has 0 bridgehead atoms. The molecule has 0 aliphatic carbocycles. The Morgan fingerprint density at radius 2 is 1.67 bits per heavy atom. The van der Waals surface area contributed by atoms with Gasteiger partial charge in [0.25, 0.3) is 17.0 Å². The van der Waals surface area contributed by atoms with Gasteiger partial charge in [0.1, 0.15) is 17.2 Å². The van der Waals surface area contributed by atoms with Crippen LogP contribution in [0.3, 0.4) is 0 Å². The third kappa shape index (κ3) is 4.71. The summed E-state index contributed by atoms with van der Waals surface area (Å²) in [4.78, 5) is 0. The molecule has 0 unspecified atom stereocenters. The second-order valence-corrected chi connectivity index (χ2v) is 6.85. The summed E-state index contributed by atoms with van der Waals surface area (Å²) >= 11 is 1.30. The van der Waals surface area contributed by atoms with Crippen LogP contribution in [0.2, 0.25) is 0 Å². The fourth-order valence-corrected chi connectivity index (χ4v) is 3.17. The molecule has 2 heterocycles. The number of hydrogen-bond donors (Lipinski definition) is 0. The van der Waals surface area contributed by atoms with E-state index in [9.17, 15) is 0 Å². The van der Waals surface area contributed by atoms with Crippen LogP contribution < -0.4 is 14.2 Å². The van der Waals surface area contributed by atoms with Gasteiger partial charge in [-0.2, -0.15) is 0 Å². The topological polar surface area (TPSA) is 106 Å². The SMILES string of the molecule is COc1cccc(OCc2nnc(SCc3nnc(-c4ccccc4OC)o3)o2)c1. The monoisotopic (exact) mass is 426 g/mol. The summed E-state index contributed by atoms with van der Waals surface area (Å²) in [5.41, 5.74) is 0.735. The second-order valence-electron chi connectivity index (χ2n) is 5.92. The maximum absolute atomic E-state index is 5.72. The Morgan fingerprint density at radius 1 is 0.833 bits per heavy atom. The minimum atomic E-state index is 0.152. The number of nitrogens with zero attached hydrogens (tertiary/aromatic N) is 4. The standard InChI is InChI=1S/C20H18N4O5S/c1-25-13-6-5-7-14(10-13)27-11-17-21-24-20(29-17)30-12-18-22-23-19(28-18)15-8-3-4-9-16(15)26-2/h3-10H,11-12H2,1-2H3. The van der Waals surface area contributed by atoms with Crippen molar-refractivity contribution in [2.45, 2.75) is 17.6 Å². The largest absolute Gasteiger partial charge is 0.497 e. The molecule has 0 saturated carbocycles. The first-order valence-electron chi connectivity index (χ1n) is 8.93. The van der Waals surface area contributed by atoms with E-state index in [1.165, 1.54) is 11.8 Å². The molecule has 0 atom stereocenters. The number of hydrogen-bond acceptors (Lipinski definition) is 10. The molecule has 0 aliphatic heterocycles. The van der Waals surface area contributed by atoms with Gasteiger partial charge in [0.05, 0.1) is 25.5 Å². The minimum Gasteiger partial charge on any atom is -0.497 e. The van der Waals surface area contributed by atoms with Crippen LogP contribution in [0, 0.1) is 0 Å². The number of benzene rings is 2. The molecule has 0 saturated heterocycles. The van der Waals surface area contributed by atoms with Gasteiger partial charge in [-0.25, -0.2) is 0 Å². The predicted octanol–water partition coefficient (Wildman–Crippen LogP) is 4.01. The maximum Gasteiger partial charge on any atom is 0.277 e. The summed E-state index contributed by atoms with van der Waals surface area (Å²) in [6, 6.07) is 14.7. The third-order valence-electron chi connectivity index (χ3n) is 3.98. The van der Waals surface area contributed by atoms with Crippen molar-refractivity contribution in [3.05, 3.63) is 60.3 Å². The van der Waals surface area contributed by atoms with E-state index >= 15 is 0 Å². The zero-order valence-corrected chi connectivity index (χ0v) is 17.1. The van der Waals surface area contributed by atoms with Gasteiger partial charge >= 0.3 is 0 Å². The van der Waals surface area contributed by atoms with E-state index in [0.29, 0.717) is 45.9 Å². The number of para-hydroxylation sites is 1. The van der Waals surface area contributed by atoms with E-state index in [4.69, 9.17) is 23.0 Å². The third-order valence-corrected chi connectivity index (χ3v) is 4.78. The first-order valence-corrected chi connectivity index (χ1v) is 9.91. The van der Waals surface area contributed by atoms with Gasteiger partial charge in [-0.1, -0.05) is 30.0 Å². The Bertz CT molecular complexity index is 1110. The molecule has 4 rings (SSSR count). The fraction of sp³-hybridized carbons (Fsp3) is 0.200. The van der Waals surface area contributed by atoms with Crippen molar-refractivity contribution < 1.29 is 23.0 Å². The molecule has 0 spiro atoms. The maximum atomic E-state index is 5.72. The summed E-state index contributed by atoms with van der Waals surface area (Å²) in [6.45, 7) is 0.152. The molecule has 30 heavy (non-hydrogen) atoms. The number of thioether (sulfide) groups is 1. The number of methoxy groups -OCH3 is 2. The smallest absolute Gasteiger partial charge is 0.277 e. The summed E-state index contributed by atoms with van der Waals surface area (Å²) in [5, 5.41) is 16.5. The zero-order valence-electron chi connectivity index (χ0n) is 16.3. The average Bonchev–Trinajstić information content (AvgIpc) is 3.46. The highest BCUT2D eigenvalue weighted by molar-refractivity contribution is 7.98. The number of rotatable bonds is 9. The molecule has 10 heteroatoms. The molecule has 154 valence electrons. The highest BCUT2D eigenvalue weighted by Crippen LogP contribution is 2.30. The number of aromatic nitrogens is 4. The van der Waals surface area contributed by atoms with Crippen molar-refractivity contribution in [1.82, 2.24) is 20.4 Å². The lowest BCUT2D eigenvalue weighted by Gasteiger charge is -2.05. The first-order chi connectivity index (χ1) is 14.7. The van der Waals surface area contributed by atoms with Crippen LogP contribution in [0.15, 0.2) is 62.6 Å². The number of ether oxygens (including phenoxy) is 3. The normalized spacial score (nSPS) is 10.7. The van der Waals surface area contributed by atoms with E-state index in [1.54, 1.807) is 20.3 Å². The van der Waals surface area contributed by atoms with Crippen molar-refractivity contribution >= 4 is 11.8 Å². The lowest BCUT2D eigenvalue weighted by Crippen LogP contribution is -1.96. The average molecular weight is 426 g/mol.